The Morgan fingerprint density at radius 1 is 1.03 bits per heavy atom. The van der Waals surface area contributed by atoms with Gasteiger partial charge in [-0.1, -0.05) is 55.8 Å². The number of benzene rings is 1. The highest BCUT2D eigenvalue weighted by Gasteiger charge is 2.30. The number of hydrogen-bond acceptors (Lipinski definition) is 3. The number of carbonyl (C=O) groups excluding carboxylic acids is 1. The van der Waals surface area contributed by atoms with Crippen molar-refractivity contribution >= 4 is 5.97 Å². The first-order chi connectivity index (χ1) is 14.7. The van der Waals surface area contributed by atoms with Gasteiger partial charge in [0.2, 0.25) is 0 Å². The van der Waals surface area contributed by atoms with Crippen LogP contribution in [-0.2, 0) is 16.0 Å². The third-order valence-corrected chi connectivity index (χ3v) is 6.72. The lowest BCUT2D eigenvalue weighted by Crippen LogP contribution is -2.29. The van der Waals surface area contributed by atoms with Gasteiger partial charge in [-0.05, 0) is 80.8 Å². The minimum absolute atomic E-state index is 0.0303. The van der Waals surface area contributed by atoms with Crippen molar-refractivity contribution in [3.8, 4) is 6.07 Å². The number of nitriles is 1. The van der Waals surface area contributed by atoms with Crippen LogP contribution in [-0.4, -0.2) is 12.1 Å². The summed E-state index contributed by atoms with van der Waals surface area (Å²) in [5, 5.41) is 8.51. The summed E-state index contributed by atoms with van der Waals surface area (Å²) in [6.07, 6.45) is 17.9. The third kappa shape index (κ3) is 6.59. The van der Waals surface area contributed by atoms with Crippen LogP contribution in [0, 0.1) is 23.2 Å². The first-order valence-electron chi connectivity index (χ1n) is 11.7. The zero-order valence-electron chi connectivity index (χ0n) is 18.3. The highest BCUT2D eigenvalue weighted by molar-refractivity contribution is 5.72. The molecular weight excluding hydrogens is 370 g/mol. The van der Waals surface area contributed by atoms with Gasteiger partial charge < -0.3 is 4.74 Å². The van der Waals surface area contributed by atoms with Crippen LogP contribution >= 0.6 is 0 Å². The highest BCUT2D eigenvalue weighted by Crippen LogP contribution is 2.37. The molecule has 0 heterocycles. The van der Waals surface area contributed by atoms with E-state index in [2.05, 4.69) is 37.3 Å². The molecule has 1 aromatic rings. The number of hydrogen-bond donors (Lipinski definition) is 0. The molecule has 160 valence electrons. The van der Waals surface area contributed by atoms with Crippen LogP contribution in [0.3, 0.4) is 0 Å². The molecule has 2 saturated carbocycles. The quantitative estimate of drug-likeness (QED) is 0.290. The van der Waals surface area contributed by atoms with E-state index in [0.29, 0.717) is 11.8 Å². The molecular formula is C27H35NO2. The zero-order chi connectivity index (χ0) is 21.2. The minimum atomic E-state index is 0.0303. The monoisotopic (exact) mass is 405 g/mol. The summed E-state index contributed by atoms with van der Waals surface area (Å²) in [7, 11) is 0. The zero-order valence-corrected chi connectivity index (χ0v) is 18.3. The lowest BCUT2D eigenvalue weighted by Gasteiger charge is -2.31. The molecule has 0 bridgehead atoms. The molecule has 0 saturated heterocycles. The van der Waals surface area contributed by atoms with Crippen molar-refractivity contribution in [1.82, 2.24) is 0 Å². The number of allylic oxidation sites excluding steroid dienone is 4. The van der Waals surface area contributed by atoms with E-state index in [4.69, 9.17) is 10.00 Å². The molecule has 2 aliphatic carbocycles. The molecule has 0 amide bonds. The van der Waals surface area contributed by atoms with Crippen molar-refractivity contribution in [1.29, 1.82) is 5.26 Å². The summed E-state index contributed by atoms with van der Waals surface area (Å²) in [6.45, 7) is 2.22. The summed E-state index contributed by atoms with van der Waals surface area (Å²) < 4.78 is 5.89. The highest BCUT2D eigenvalue weighted by atomic mass is 16.5. The fourth-order valence-corrected chi connectivity index (χ4v) is 4.89. The van der Waals surface area contributed by atoms with E-state index in [-0.39, 0.29) is 18.0 Å². The third-order valence-electron chi connectivity index (χ3n) is 6.72. The molecule has 3 rings (SSSR count). The van der Waals surface area contributed by atoms with Crippen molar-refractivity contribution < 1.29 is 9.53 Å². The first-order valence-corrected chi connectivity index (χ1v) is 11.7. The van der Waals surface area contributed by atoms with Gasteiger partial charge in [0.1, 0.15) is 6.10 Å². The van der Waals surface area contributed by atoms with Gasteiger partial charge in [0.25, 0.3) is 0 Å². The van der Waals surface area contributed by atoms with Crippen LogP contribution in [0.25, 0.3) is 0 Å². The summed E-state index contributed by atoms with van der Waals surface area (Å²) in [5.41, 5.74) is 2.85. The Bertz CT molecular complexity index is 755. The first kappa shape index (κ1) is 22.3. The molecule has 0 atom stereocenters. The molecule has 0 unspecified atom stereocenters. The second-order valence-electron chi connectivity index (χ2n) is 8.89. The van der Waals surface area contributed by atoms with Gasteiger partial charge in [-0.15, -0.1) is 0 Å². The number of aryl methyl sites for hydroxylation is 1. The summed E-state index contributed by atoms with van der Waals surface area (Å²) in [6, 6.07) is 11.1. The fourth-order valence-electron chi connectivity index (χ4n) is 4.89. The second-order valence-corrected chi connectivity index (χ2v) is 8.89. The Balaban J connectivity index is 1.39. The standard InChI is InChI=1S/C27H35NO2/c1-2-6-21-8-12-23(13-9-21)24-14-16-25(17-15-24)27(29)30-26-18-10-22(11-19-26)7-4-3-5-20-28/h3-5,7-9,12-13,22,24-26H,2,6,10-11,14-19H2,1H3/t22-,24-,25-,26-. The molecule has 2 aliphatic rings. The van der Waals surface area contributed by atoms with Gasteiger partial charge in [-0.3, -0.25) is 4.79 Å². The Morgan fingerprint density at radius 2 is 1.73 bits per heavy atom. The molecule has 0 spiro atoms. The van der Waals surface area contributed by atoms with E-state index in [1.165, 1.54) is 23.6 Å². The van der Waals surface area contributed by atoms with Crippen molar-refractivity contribution in [3.05, 3.63) is 59.7 Å². The van der Waals surface area contributed by atoms with E-state index in [0.717, 1.165) is 57.8 Å². The summed E-state index contributed by atoms with van der Waals surface area (Å²) in [5.74, 6) is 1.22. The van der Waals surface area contributed by atoms with Crippen molar-refractivity contribution in [3.63, 3.8) is 0 Å². The summed E-state index contributed by atoms with van der Waals surface area (Å²) >= 11 is 0. The van der Waals surface area contributed by atoms with Crippen molar-refractivity contribution in [2.75, 3.05) is 0 Å². The largest absolute Gasteiger partial charge is 0.462 e. The number of nitrogens with zero attached hydrogens (tertiary/aromatic N) is 1. The molecule has 1 aromatic carbocycles. The molecule has 0 aliphatic heterocycles. The normalized spacial score (nSPS) is 27.2. The van der Waals surface area contributed by atoms with E-state index in [1.54, 1.807) is 6.08 Å². The smallest absolute Gasteiger partial charge is 0.309 e. The lowest BCUT2D eigenvalue weighted by molar-refractivity contribution is -0.157. The van der Waals surface area contributed by atoms with Crippen LogP contribution in [0.2, 0.25) is 0 Å². The van der Waals surface area contributed by atoms with E-state index < -0.39 is 0 Å². The van der Waals surface area contributed by atoms with Crippen LogP contribution in [0.15, 0.2) is 48.6 Å². The SMILES string of the molecule is CCCc1ccc([C@H]2CC[C@H](C(=O)O[C@H]3CC[C@H](C=CC=CC#N)CC3)CC2)cc1. The Morgan fingerprint density at radius 3 is 2.37 bits per heavy atom. The van der Waals surface area contributed by atoms with Gasteiger partial charge in [-0.2, -0.15) is 5.26 Å². The Kier molecular flexibility index (Phi) is 8.75. The maximum Gasteiger partial charge on any atom is 0.309 e. The molecule has 0 aromatic heterocycles. The predicted octanol–water partition coefficient (Wildman–Crippen LogP) is 6.65. The van der Waals surface area contributed by atoms with Crippen LogP contribution < -0.4 is 0 Å². The molecule has 30 heavy (non-hydrogen) atoms. The maximum atomic E-state index is 12.7. The number of ether oxygens (including phenoxy) is 1. The molecule has 3 heteroatoms. The topological polar surface area (TPSA) is 50.1 Å². The van der Waals surface area contributed by atoms with Gasteiger partial charge in [0.05, 0.1) is 12.0 Å². The maximum absolute atomic E-state index is 12.7. The van der Waals surface area contributed by atoms with E-state index >= 15 is 0 Å². The molecule has 0 radical (unpaired) electrons. The number of rotatable bonds is 7. The van der Waals surface area contributed by atoms with Crippen molar-refractivity contribution in [2.24, 2.45) is 11.8 Å². The molecule has 3 nitrogen and oxygen atoms in total. The minimum Gasteiger partial charge on any atom is -0.462 e. The Hall–Kier alpha value is -2.34. The van der Waals surface area contributed by atoms with Gasteiger partial charge >= 0.3 is 5.97 Å². The average molecular weight is 406 g/mol. The molecule has 2 fully saturated rings. The predicted molar refractivity (Wildman–Crippen MR) is 121 cm³/mol. The Labute approximate surface area is 181 Å². The van der Waals surface area contributed by atoms with Crippen LogP contribution in [0.5, 0.6) is 0 Å². The van der Waals surface area contributed by atoms with Gasteiger partial charge in [0.15, 0.2) is 0 Å². The fraction of sp³-hybridized carbons (Fsp3) is 0.556. The van der Waals surface area contributed by atoms with E-state index in [1.807, 2.05) is 12.1 Å². The van der Waals surface area contributed by atoms with Crippen molar-refractivity contribution in [2.45, 2.75) is 83.2 Å². The second kappa shape index (κ2) is 11.7. The van der Waals surface area contributed by atoms with E-state index in [9.17, 15) is 4.79 Å². The van der Waals surface area contributed by atoms with Gasteiger partial charge in [-0.25, -0.2) is 0 Å². The lowest BCUT2D eigenvalue weighted by atomic mass is 9.78. The number of esters is 1. The van der Waals surface area contributed by atoms with Crippen LogP contribution in [0.4, 0.5) is 0 Å². The molecule has 0 N–H and O–H groups in total. The number of carbonyl (C=O) groups is 1. The average Bonchev–Trinajstić information content (AvgIpc) is 2.79. The van der Waals surface area contributed by atoms with Crippen LogP contribution in [0.1, 0.15) is 81.8 Å². The summed E-state index contributed by atoms with van der Waals surface area (Å²) in [4.78, 5) is 12.7. The van der Waals surface area contributed by atoms with Gasteiger partial charge in [0, 0.05) is 6.08 Å².